The van der Waals surface area contributed by atoms with Crippen LogP contribution in [-0.2, 0) is 4.79 Å². The molecule has 1 saturated heterocycles. The van der Waals surface area contributed by atoms with Crippen LogP contribution in [0.3, 0.4) is 0 Å². The van der Waals surface area contributed by atoms with Crippen molar-refractivity contribution in [3.63, 3.8) is 0 Å². The highest BCUT2D eigenvalue weighted by Gasteiger charge is 2.23. The molecule has 1 aliphatic heterocycles. The molecule has 0 saturated carbocycles. The average molecular weight is 278 g/mol. The molecule has 0 bridgehead atoms. The molecular weight excluding hydrogens is 256 g/mol. The lowest BCUT2D eigenvalue weighted by Gasteiger charge is -2.18. The molecule has 0 radical (unpaired) electrons. The highest BCUT2D eigenvalue weighted by atomic mass is 32.2. The molecule has 3 nitrogen and oxygen atoms in total. The highest BCUT2D eigenvalue weighted by molar-refractivity contribution is 7.99. The lowest BCUT2D eigenvalue weighted by Crippen LogP contribution is -2.42. The van der Waals surface area contributed by atoms with E-state index >= 15 is 0 Å². The van der Waals surface area contributed by atoms with Gasteiger partial charge in [-0.3, -0.25) is 10.1 Å². The molecule has 2 N–H and O–H groups in total. The van der Waals surface area contributed by atoms with E-state index in [1.54, 1.807) is 11.8 Å². The summed E-state index contributed by atoms with van der Waals surface area (Å²) >= 11 is 1.77. The second kappa shape index (κ2) is 6.44. The zero-order valence-corrected chi connectivity index (χ0v) is 12.6. The monoisotopic (exact) mass is 278 g/mol. The molecule has 1 aromatic rings. The zero-order chi connectivity index (χ0) is 13.8. The van der Waals surface area contributed by atoms with Gasteiger partial charge in [0.25, 0.3) is 0 Å². The largest absolute Gasteiger partial charge is 0.348 e. The Balaban J connectivity index is 1.95. The van der Waals surface area contributed by atoms with Crippen LogP contribution in [0.5, 0.6) is 0 Å². The normalized spacial score (nSPS) is 20.5. The van der Waals surface area contributed by atoms with Gasteiger partial charge in [0.2, 0.25) is 5.91 Å². The Bertz CT molecular complexity index is 424. The van der Waals surface area contributed by atoms with E-state index < -0.39 is 0 Å². The number of benzene rings is 1. The Morgan fingerprint density at radius 2 is 1.89 bits per heavy atom. The van der Waals surface area contributed by atoms with Crippen LogP contribution in [0.15, 0.2) is 24.3 Å². The quantitative estimate of drug-likeness (QED) is 0.889. The van der Waals surface area contributed by atoms with E-state index in [4.69, 9.17) is 0 Å². The van der Waals surface area contributed by atoms with Gasteiger partial charge in [-0.05, 0) is 24.0 Å². The SMILES string of the molecule is CC(C)c1ccc(C(C)NC(=O)C2CSCN2)cc1. The third kappa shape index (κ3) is 3.74. The van der Waals surface area contributed by atoms with Gasteiger partial charge in [-0.15, -0.1) is 11.8 Å². The van der Waals surface area contributed by atoms with Gasteiger partial charge >= 0.3 is 0 Å². The van der Waals surface area contributed by atoms with Gasteiger partial charge in [0, 0.05) is 11.6 Å². The summed E-state index contributed by atoms with van der Waals surface area (Å²) in [6, 6.07) is 8.52. The molecule has 1 amide bonds. The van der Waals surface area contributed by atoms with Gasteiger partial charge in [-0.1, -0.05) is 38.1 Å². The topological polar surface area (TPSA) is 41.1 Å². The Morgan fingerprint density at radius 3 is 2.42 bits per heavy atom. The van der Waals surface area contributed by atoms with E-state index in [0.29, 0.717) is 5.92 Å². The van der Waals surface area contributed by atoms with Crippen molar-refractivity contribution >= 4 is 17.7 Å². The van der Waals surface area contributed by atoms with Crippen molar-refractivity contribution in [1.29, 1.82) is 0 Å². The summed E-state index contributed by atoms with van der Waals surface area (Å²) < 4.78 is 0. The smallest absolute Gasteiger partial charge is 0.238 e. The minimum atomic E-state index is -0.0395. The Hall–Kier alpha value is -1.00. The predicted molar refractivity (Wildman–Crippen MR) is 81.3 cm³/mol. The first-order valence-corrected chi connectivity index (χ1v) is 7.94. The fourth-order valence-corrected chi connectivity index (χ4v) is 3.07. The van der Waals surface area contributed by atoms with Crippen LogP contribution in [0.1, 0.15) is 43.9 Å². The molecule has 1 aromatic carbocycles. The molecule has 0 spiro atoms. The minimum absolute atomic E-state index is 0.0395. The van der Waals surface area contributed by atoms with Crippen molar-refractivity contribution in [2.45, 2.75) is 38.8 Å². The summed E-state index contributed by atoms with van der Waals surface area (Å²) in [7, 11) is 0. The van der Waals surface area contributed by atoms with Crippen molar-refractivity contribution in [3.05, 3.63) is 35.4 Å². The molecule has 0 aliphatic carbocycles. The first kappa shape index (κ1) is 14.4. The number of nitrogens with one attached hydrogen (secondary N) is 2. The van der Waals surface area contributed by atoms with Gasteiger partial charge in [0.15, 0.2) is 0 Å². The second-order valence-corrected chi connectivity index (χ2v) is 6.35. The van der Waals surface area contributed by atoms with Crippen molar-refractivity contribution in [1.82, 2.24) is 10.6 Å². The van der Waals surface area contributed by atoms with Gasteiger partial charge < -0.3 is 5.32 Å². The molecule has 1 heterocycles. The molecule has 2 rings (SSSR count). The van der Waals surface area contributed by atoms with Crippen LogP contribution >= 0.6 is 11.8 Å². The maximum Gasteiger partial charge on any atom is 0.238 e. The molecule has 19 heavy (non-hydrogen) atoms. The summed E-state index contributed by atoms with van der Waals surface area (Å²) in [5, 5.41) is 6.26. The maximum atomic E-state index is 12.0. The van der Waals surface area contributed by atoms with Crippen molar-refractivity contribution in [3.8, 4) is 0 Å². The second-order valence-electron chi connectivity index (χ2n) is 5.32. The standard InChI is InChI=1S/C15H22N2OS/c1-10(2)12-4-6-13(7-5-12)11(3)17-15(18)14-8-19-9-16-14/h4-7,10-11,14,16H,8-9H2,1-3H3,(H,17,18). The Morgan fingerprint density at radius 1 is 1.26 bits per heavy atom. The molecule has 2 atom stereocenters. The lowest BCUT2D eigenvalue weighted by molar-refractivity contribution is -0.123. The summed E-state index contributed by atoms with van der Waals surface area (Å²) in [4.78, 5) is 12.0. The average Bonchev–Trinajstić information content (AvgIpc) is 2.92. The predicted octanol–water partition coefficient (Wildman–Crippen LogP) is 2.65. The van der Waals surface area contributed by atoms with E-state index in [-0.39, 0.29) is 18.0 Å². The third-order valence-electron chi connectivity index (χ3n) is 3.49. The van der Waals surface area contributed by atoms with Crippen LogP contribution in [0.25, 0.3) is 0 Å². The first-order valence-electron chi connectivity index (χ1n) is 6.79. The highest BCUT2D eigenvalue weighted by Crippen LogP contribution is 2.19. The fourth-order valence-electron chi connectivity index (χ4n) is 2.13. The Kier molecular flexibility index (Phi) is 4.88. The van der Waals surface area contributed by atoms with Gasteiger partial charge in [0.05, 0.1) is 12.1 Å². The molecule has 0 aromatic heterocycles. The summed E-state index contributed by atoms with van der Waals surface area (Å²) in [5.41, 5.74) is 2.49. The number of hydrogen-bond donors (Lipinski definition) is 2. The molecule has 104 valence electrons. The van der Waals surface area contributed by atoms with E-state index in [1.165, 1.54) is 5.56 Å². The maximum absolute atomic E-state index is 12.0. The summed E-state index contributed by atoms with van der Waals surface area (Å²) in [5.74, 6) is 2.38. The van der Waals surface area contributed by atoms with Gasteiger partial charge in [-0.2, -0.15) is 0 Å². The van der Waals surface area contributed by atoms with Crippen LogP contribution in [-0.4, -0.2) is 23.6 Å². The van der Waals surface area contributed by atoms with Crippen LogP contribution < -0.4 is 10.6 Å². The Labute approximate surface area is 119 Å². The number of rotatable bonds is 4. The molecular formula is C15H22N2OS. The number of thioether (sulfide) groups is 1. The van der Waals surface area contributed by atoms with Gasteiger partial charge in [0.1, 0.15) is 0 Å². The molecule has 1 fully saturated rings. The molecule has 1 aliphatic rings. The van der Waals surface area contributed by atoms with Crippen LogP contribution in [0, 0.1) is 0 Å². The number of amides is 1. The summed E-state index contributed by atoms with van der Waals surface area (Å²) in [6.07, 6.45) is 0. The minimum Gasteiger partial charge on any atom is -0.348 e. The third-order valence-corrected chi connectivity index (χ3v) is 4.43. The number of hydrogen-bond acceptors (Lipinski definition) is 3. The van der Waals surface area contributed by atoms with E-state index in [0.717, 1.165) is 17.2 Å². The summed E-state index contributed by atoms with van der Waals surface area (Å²) in [6.45, 7) is 6.40. The zero-order valence-electron chi connectivity index (χ0n) is 11.8. The van der Waals surface area contributed by atoms with Crippen molar-refractivity contribution < 1.29 is 4.79 Å². The molecule has 4 heteroatoms. The van der Waals surface area contributed by atoms with E-state index in [2.05, 4.69) is 48.7 Å². The number of carbonyl (C=O) groups excluding carboxylic acids is 1. The van der Waals surface area contributed by atoms with Crippen molar-refractivity contribution in [2.75, 3.05) is 11.6 Å². The fraction of sp³-hybridized carbons (Fsp3) is 0.533. The lowest BCUT2D eigenvalue weighted by atomic mass is 9.99. The first-order chi connectivity index (χ1) is 9.08. The molecule has 2 unspecified atom stereocenters. The van der Waals surface area contributed by atoms with Gasteiger partial charge in [-0.25, -0.2) is 0 Å². The van der Waals surface area contributed by atoms with E-state index in [1.807, 2.05) is 6.92 Å². The van der Waals surface area contributed by atoms with Crippen molar-refractivity contribution in [2.24, 2.45) is 0 Å². The van der Waals surface area contributed by atoms with Crippen LogP contribution in [0.4, 0.5) is 0 Å². The number of carbonyl (C=O) groups is 1. The van der Waals surface area contributed by atoms with Crippen LogP contribution in [0.2, 0.25) is 0 Å². The van der Waals surface area contributed by atoms with E-state index in [9.17, 15) is 4.79 Å².